The van der Waals surface area contributed by atoms with Crippen LogP contribution in [-0.4, -0.2) is 46.3 Å². The number of rotatable bonds is 1. The van der Waals surface area contributed by atoms with Crippen molar-refractivity contribution in [1.29, 1.82) is 0 Å². The second kappa shape index (κ2) is 5.51. The molecule has 0 aromatic carbocycles. The van der Waals surface area contributed by atoms with Gasteiger partial charge in [-0.1, -0.05) is 31.5 Å². The molecule has 0 spiro atoms. The van der Waals surface area contributed by atoms with E-state index in [9.17, 15) is 0 Å². The van der Waals surface area contributed by atoms with E-state index in [0.29, 0.717) is 0 Å². The molecule has 1 aliphatic carbocycles. The molecule has 2 rings (SSSR count). The third kappa shape index (κ3) is 3.08. The monoisotopic (exact) mass is 244 g/mol. The minimum absolute atomic E-state index is 0.762. The van der Waals surface area contributed by atoms with Gasteiger partial charge in [0.05, 0.1) is 0 Å². The van der Waals surface area contributed by atoms with Crippen LogP contribution in [0.3, 0.4) is 0 Å². The van der Waals surface area contributed by atoms with Crippen LogP contribution in [0, 0.1) is 0 Å². The molecule has 2 aliphatic rings. The summed E-state index contributed by atoms with van der Waals surface area (Å²) in [6.07, 6.45) is 7.11. The van der Waals surface area contributed by atoms with Crippen molar-refractivity contribution in [2.75, 3.05) is 26.2 Å². The maximum absolute atomic E-state index is 5.08. The van der Waals surface area contributed by atoms with Crippen molar-refractivity contribution in [2.24, 2.45) is 0 Å². The summed E-state index contributed by atoms with van der Waals surface area (Å²) in [4.78, 5) is 4.86. The molecule has 15 heavy (non-hydrogen) atoms. The molecule has 86 valence electrons. The molecule has 0 bridgehead atoms. The highest BCUT2D eigenvalue weighted by Crippen LogP contribution is 2.23. The third-order valence-corrected chi connectivity index (χ3v) is 4.22. The molecule has 2 nitrogen and oxygen atoms in total. The quantitative estimate of drug-likeness (QED) is 0.558. The molecule has 0 atom stereocenters. The molecule has 1 heterocycles. The molecule has 1 aliphatic heterocycles. The molecule has 0 aromatic rings. The van der Waals surface area contributed by atoms with Crippen LogP contribution < -0.4 is 0 Å². The molecule has 0 N–H and O–H groups in total. The maximum atomic E-state index is 5.08. The van der Waals surface area contributed by atoms with Crippen molar-refractivity contribution in [2.45, 2.75) is 38.1 Å². The Morgan fingerprint density at radius 1 is 1.00 bits per heavy atom. The van der Waals surface area contributed by atoms with Gasteiger partial charge in [-0.25, -0.2) is 0 Å². The molecule has 1 saturated heterocycles. The summed E-state index contributed by atoms with van der Waals surface area (Å²) in [6, 6.07) is 0.856. The van der Waals surface area contributed by atoms with Crippen molar-refractivity contribution in [1.82, 2.24) is 9.80 Å². The minimum Gasteiger partial charge on any atom is -0.355 e. The Kier molecular flexibility index (Phi) is 4.29. The summed E-state index contributed by atoms with van der Waals surface area (Å²) in [7, 11) is 0. The molecular weight excluding hydrogens is 224 g/mol. The van der Waals surface area contributed by atoms with Gasteiger partial charge in [-0.15, -0.1) is 12.6 Å². The number of thiocarbonyl (C=S) groups is 1. The number of nitrogens with zero attached hydrogens (tertiary/aromatic N) is 2. The highest BCUT2D eigenvalue weighted by Gasteiger charge is 2.25. The third-order valence-electron chi connectivity index (χ3n) is 3.68. The van der Waals surface area contributed by atoms with Crippen LogP contribution in [0.4, 0.5) is 0 Å². The van der Waals surface area contributed by atoms with Gasteiger partial charge in [-0.3, -0.25) is 4.90 Å². The lowest BCUT2D eigenvalue weighted by molar-refractivity contribution is 0.109. The smallest absolute Gasteiger partial charge is 0.133 e. The Balaban J connectivity index is 1.79. The Bertz CT molecular complexity index is 219. The molecule has 0 amide bonds. The van der Waals surface area contributed by atoms with Gasteiger partial charge in [0.15, 0.2) is 0 Å². The zero-order valence-corrected chi connectivity index (χ0v) is 10.9. The normalized spacial score (nSPS) is 25.5. The van der Waals surface area contributed by atoms with Crippen molar-refractivity contribution in [3.05, 3.63) is 0 Å². The van der Waals surface area contributed by atoms with E-state index in [1.54, 1.807) is 0 Å². The second-order valence-electron chi connectivity index (χ2n) is 4.60. The van der Waals surface area contributed by atoms with Crippen molar-refractivity contribution in [3.63, 3.8) is 0 Å². The lowest BCUT2D eigenvalue weighted by Gasteiger charge is -2.41. The average Bonchev–Trinajstić information content (AvgIpc) is 2.30. The van der Waals surface area contributed by atoms with Crippen LogP contribution in [0.1, 0.15) is 32.1 Å². The number of hydrogen-bond donors (Lipinski definition) is 1. The van der Waals surface area contributed by atoms with Crippen molar-refractivity contribution < 1.29 is 0 Å². The van der Waals surface area contributed by atoms with Crippen LogP contribution in [0.15, 0.2) is 0 Å². The van der Waals surface area contributed by atoms with Crippen LogP contribution in [-0.2, 0) is 0 Å². The molecule has 0 unspecified atom stereocenters. The average molecular weight is 244 g/mol. The highest BCUT2D eigenvalue weighted by molar-refractivity contribution is 8.10. The van der Waals surface area contributed by atoms with Crippen LogP contribution in [0.25, 0.3) is 0 Å². The van der Waals surface area contributed by atoms with Gasteiger partial charge in [-0.05, 0) is 12.8 Å². The van der Waals surface area contributed by atoms with E-state index < -0.39 is 0 Å². The summed E-state index contributed by atoms with van der Waals surface area (Å²) >= 11 is 9.32. The molecule has 2 fully saturated rings. The van der Waals surface area contributed by atoms with Gasteiger partial charge in [0.2, 0.25) is 0 Å². The fourth-order valence-electron chi connectivity index (χ4n) is 2.72. The predicted octanol–water partition coefficient (Wildman–Crippen LogP) is 2.15. The second-order valence-corrected chi connectivity index (χ2v) is 5.71. The summed E-state index contributed by atoms with van der Waals surface area (Å²) in [5.41, 5.74) is 0. The summed E-state index contributed by atoms with van der Waals surface area (Å²) in [5.74, 6) is 0. The molecule has 4 heteroatoms. The van der Waals surface area contributed by atoms with E-state index in [-0.39, 0.29) is 0 Å². The first-order chi connectivity index (χ1) is 7.27. The summed E-state index contributed by atoms with van der Waals surface area (Å²) in [5, 5.41) is 0. The lowest BCUT2D eigenvalue weighted by Crippen LogP contribution is -2.51. The zero-order chi connectivity index (χ0) is 10.7. The van der Waals surface area contributed by atoms with Crippen LogP contribution >= 0.6 is 24.8 Å². The molecular formula is C11H20N2S2. The van der Waals surface area contributed by atoms with Gasteiger partial charge in [0.1, 0.15) is 4.32 Å². The minimum atomic E-state index is 0.762. The predicted molar refractivity (Wildman–Crippen MR) is 71.6 cm³/mol. The fourth-order valence-corrected chi connectivity index (χ4v) is 3.11. The first-order valence-corrected chi connectivity index (χ1v) is 6.85. The van der Waals surface area contributed by atoms with Crippen LogP contribution in [0.5, 0.6) is 0 Å². The Labute approximate surface area is 103 Å². The molecule has 0 aromatic heterocycles. The van der Waals surface area contributed by atoms with Gasteiger partial charge >= 0.3 is 0 Å². The summed E-state index contributed by atoms with van der Waals surface area (Å²) < 4.78 is 0.762. The van der Waals surface area contributed by atoms with E-state index in [0.717, 1.165) is 23.5 Å². The topological polar surface area (TPSA) is 6.48 Å². The van der Waals surface area contributed by atoms with Gasteiger partial charge < -0.3 is 4.90 Å². The molecule has 1 saturated carbocycles. The SMILES string of the molecule is S=C(S)N1CCN(C2CCCCC2)CC1. The van der Waals surface area contributed by atoms with E-state index in [4.69, 9.17) is 12.2 Å². The standard InChI is InChI=1S/C11H20N2S2/c14-11(15)13-8-6-12(7-9-13)10-4-2-1-3-5-10/h10H,1-9H2,(H,14,15). The van der Waals surface area contributed by atoms with Gasteiger partial charge in [-0.2, -0.15) is 0 Å². The highest BCUT2D eigenvalue weighted by atomic mass is 32.1. The van der Waals surface area contributed by atoms with Gasteiger partial charge in [0.25, 0.3) is 0 Å². The van der Waals surface area contributed by atoms with E-state index in [1.165, 1.54) is 45.2 Å². The maximum Gasteiger partial charge on any atom is 0.133 e. The van der Waals surface area contributed by atoms with E-state index in [2.05, 4.69) is 22.4 Å². The Hall–Kier alpha value is 0.200. The van der Waals surface area contributed by atoms with Gasteiger partial charge in [0, 0.05) is 32.2 Å². The zero-order valence-electron chi connectivity index (χ0n) is 9.19. The Morgan fingerprint density at radius 3 is 2.13 bits per heavy atom. The Morgan fingerprint density at radius 2 is 1.60 bits per heavy atom. The largest absolute Gasteiger partial charge is 0.355 e. The summed E-state index contributed by atoms with van der Waals surface area (Å²) in [6.45, 7) is 4.48. The van der Waals surface area contributed by atoms with Crippen molar-refractivity contribution in [3.8, 4) is 0 Å². The fraction of sp³-hybridized carbons (Fsp3) is 0.909. The number of hydrogen-bond acceptors (Lipinski definition) is 2. The van der Waals surface area contributed by atoms with Crippen LogP contribution in [0.2, 0.25) is 0 Å². The molecule has 0 radical (unpaired) electrons. The van der Waals surface area contributed by atoms with E-state index in [1.807, 2.05) is 0 Å². The number of piperazine rings is 1. The van der Waals surface area contributed by atoms with E-state index >= 15 is 0 Å². The van der Waals surface area contributed by atoms with Crippen molar-refractivity contribution >= 4 is 29.2 Å². The first-order valence-electron chi connectivity index (χ1n) is 5.99. The first kappa shape index (κ1) is 11.7. The number of thiol groups is 1. The lowest BCUT2D eigenvalue weighted by atomic mass is 9.94.